The van der Waals surface area contributed by atoms with Gasteiger partial charge in [-0.1, -0.05) is 0 Å². The number of sulfonamides is 1. The van der Waals surface area contributed by atoms with E-state index in [0.29, 0.717) is 18.7 Å². The molecule has 0 aliphatic carbocycles. The normalized spacial score (nSPS) is 14.3. The molecule has 0 atom stereocenters. The van der Waals surface area contributed by atoms with Crippen LogP contribution in [0.1, 0.15) is 44.0 Å². The number of methoxy groups -OCH3 is 1. The largest absolute Gasteiger partial charge is 0.453 e. The Bertz CT molecular complexity index is 1120. The van der Waals surface area contributed by atoms with E-state index in [1.165, 1.54) is 39.9 Å². The van der Waals surface area contributed by atoms with Crippen molar-refractivity contribution in [1.29, 1.82) is 0 Å². The molecule has 3 amide bonds. The van der Waals surface area contributed by atoms with E-state index in [-0.39, 0.29) is 21.0 Å². The van der Waals surface area contributed by atoms with Gasteiger partial charge in [0.05, 0.1) is 17.6 Å². The van der Waals surface area contributed by atoms with Gasteiger partial charge in [-0.05, 0) is 56.5 Å². The van der Waals surface area contributed by atoms with E-state index in [1.807, 2.05) is 0 Å². The molecule has 0 saturated carbocycles. The predicted octanol–water partition coefficient (Wildman–Crippen LogP) is 2.90. The Balaban J connectivity index is 1.80. The summed E-state index contributed by atoms with van der Waals surface area (Å²) >= 11 is 1.20. The van der Waals surface area contributed by atoms with Gasteiger partial charge in [-0.25, -0.2) is 13.2 Å². The van der Waals surface area contributed by atoms with Gasteiger partial charge in [0.25, 0.3) is 11.8 Å². The lowest BCUT2D eigenvalue weighted by atomic mass is 10.1. The molecule has 1 fully saturated rings. The first-order valence-corrected chi connectivity index (χ1v) is 11.8. The van der Waals surface area contributed by atoms with Gasteiger partial charge in [-0.2, -0.15) is 4.31 Å². The molecule has 11 heteroatoms. The summed E-state index contributed by atoms with van der Waals surface area (Å²) < 4.78 is 31.1. The van der Waals surface area contributed by atoms with Crippen LogP contribution in [0.2, 0.25) is 0 Å². The van der Waals surface area contributed by atoms with Crippen LogP contribution in [-0.2, 0) is 14.8 Å². The number of anilines is 1. The number of hydrogen-bond donors (Lipinski definition) is 2. The fraction of sp³-hybridized carbons (Fsp3) is 0.350. The monoisotopic (exact) mass is 465 g/mol. The molecule has 3 rings (SSSR count). The summed E-state index contributed by atoms with van der Waals surface area (Å²) in [6.45, 7) is 4.50. The first-order chi connectivity index (χ1) is 14.6. The number of rotatable bonds is 5. The zero-order valence-electron chi connectivity index (χ0n) is 17.4. The van der Waals surface area contributed by atoms with E-state index in [0.717, 1.165) is 24.8 Å². The molecule has 2 aromatic rings. The second-order valence-corrected chi connectivity index (χ2v) is 10.2. The number of nitrogens with one attached hydrogen (secondary N) is 2. The Hall–Kier alpha value is -2.76. The van der Waals surface area contributed by atoms with E-state index in [1.54, 1.807) is 13.8 Å². The molecule has 166 valence electrons. The van der Waals surface area contributed by atoms with Crippen LogP contribution in [0.15, 0.2) is 29.2 Å². The Kier molecular flexibility index (Phi) is 6.77. The van der Waals surface area contributed by atoms with E-state index in [4.69, 9.17) is 0 Å². The number of benzene rings is 1. The van der Waals surface area contributed by atoms with E-state index in [9.17, 15) is 22.8 Å². The van der Waals surface area contributed by atoms with Crippen LogP contribution >= 0.6 is 11.3 Å². The summed E-state index contributed by atoms with van der Waals surface area (Å²) in [6.07, 6.45) is 0.775. The Labute approximate surface area is 184 Å². The Morgan fingerprint density at radius 3 is 2.23 bits per heavy atom. The summed E-state index contributed by atoms with van der Waals surface area (Å²) in [6, 6.07) is 5.66. The van der Waals surface area contributed by atoms with Crippen molar-refractivity contribution in [3.05, 3.63) is 45.8 Å². The van der Waals surface area contributed by atoms with Crippen LogP contribution in [0.4, 0.5) is 9.80 Å². The molecular formula is C20H23N3O6S2. The van der Waals surface area contributed by atoms with Crippen LogP contribution < -0.4 is 10.6 Å². The van der Waals surface area contributed by atoms with Crippen molar-refractivity contribution in [1.82, 2.24) is 9.62 Å². The van der Waals surface area contributed by atoms with Gasteiger partial charge in [0.15, 0.2) is 0 Å². The maximum atomic E-state index is 12.7. The van der Waals surface area contributed by atoms with E-state index >= 15 is 0 Å². The Morgan fingerprint density at radius 2 is 1.65 bits per heavy atom. The fourth-order valence-corrected chi connectivity index (χ4v) is 5.80. The number of nitrogens with zero attached hydrogens (tertiary/aromatic N) is 1. The van der Waals surface area contributed by atoms with Gasteiger partial charge in [0.1, 0.15) is 5.00 Å². The topological polar surface area (TPSA) is 122 Å². The average molecular weight is 466 g/mol. The molecular weight excluding hydrogens is 442 g/mol. The van der Waals surface area contributed by atoms with Crippen molar-refractivity contribution in [2.24, 2.45) is 0 Å². The minimum atomic E-state index is -3.57. The number of aryl methyl sites for hydroxylation is 1. The van der Waals surface area contributed by atoms with Crippen LogP contribution in [0.25, 0.3) is 0 Å². The summed E-state index contributed by atoms with van der Waals surface area (Å²) in [7, 11) is -2.42. The molecule has 2 N–H and O–H groups in total. The number of carbonyl (C=O) groups excluding carboxylic acids is 3. The van der Waals surface area contributed by atoms with Gasteiger partial charge < -0.3 is 10.1 Å². The molecule has 1 aliphatic rings. The average Bonchev–Trinajstić information content (AvgIpc) is 3.37. The zero-order valence-corrected chi connectivity index (χ0v) is 19.0. The Morgan fingerprint density at radius 1 is 1.03 bits per heavy atom. The van der Waals surface area contributed by atoms with Crippen molar-refractivity contribution in [2.45, 2.75) is 31.6 Å². The van der Waals surface area contributed by atoms with Gasteiger partial charge in [0.2, 0.25) is 10.0 Å². The molecule has 0 radical (unpaired) electrons. The molecule has 31 heavy (non-hydrogen) atoms. The predicted molar refractivity (Wildman–Crippen MR) is 116 cm³/mol. The van der Waals surface area contributed by atoms with Gasteiger partial charge in [0, 0.05) is 23.5 Å². The molecule has 2 heterocycles. The first-order valence-electron chi connectivity index (χ1n) is 9.56. The minimum absolute atomic E-state index is 0.131. The quantitative estimate of drug-likeness (QED) is 0.700. The van der Waals surface area contributed by atoms with Gasteiger partial charge in [-0.3, -0.25) is 14.9 Å². The van der Waals surface area contributed by atoms with Gasteiger partial charge in [-0.15, -0.1) is 11.3 Å². The van der Waals surface area contributed by atoms with Crippen molar-refractivity contribution < 1.29 is 27.5 Å². The minimum Gasteiger partial charge on any atom is -0.453 e. The van der Waals surface area contributed by atoms with Crippen molar-refractivity contribution in [2.75, 3.05) is 25.5 Å². The molecule has 0 unspecified atom stereocenters. The van der Waals surface area contributed by atoms with Crippen LogP contribution in [0.3, 0.4) is 0 Å². The second kappa shape index (κ2) is 9.16. The SMILES string of the molecule is COC(=O)NC(=O)c1c(NC(=O)c2ccc(S(=O)(=O)N3CCCC3)cc2)sc(C)c1C. The standard InChI is InChI=1S/C20H23N3O6S2/c1-12-13(2)30-19(16(12)18(25)22-20(26)29-3)21-17(24)14-6-8-15(9-7-14)31(27,28)23-10-4-5-11-23/h6-9H,4-5,10-11H2,1-3H3,(H,21,24)(H,22,25,26). The van der Waals surface area contributed by atoms with Crippen LogP contribution in [0, 0.1) is 13.8 Å². The zero-order chi connectivity index (χ0) is 22.8. The fourth-order valence-electron chi connectivity index (χ4n) is 3.23. The smallest absolute Gasteiger partial charge is 0.413 e. The summed E-state index contributed by atoms with van der Waals surface area (Å²) in [5.41, 5.74) is 1.05. The molecule has 1 saturated heterocycles. The number of amides is 3. The number of imide groups is 1. The van der Waals surface area contributed by atoms with Crippen molar-refractivity contribution >= 4 is 44.3 Å². The summed E-state index contributed by atoms with van der Waals surface area (Å²) in [5.74, 6) is -1.19. The van der Waals surface area contributed by atoms with Crippen molar-refractivity contribution in [3.63, 3.8) is 0 Å². The third-order valence-corrected chi connectivity index (χ3v) is 8.10. The molecule has 9 nitrogen and oxygen atoms in total. The maximum absolute atomic E-state index is 12.7. The molecule has 0 spiro atoms. The number of alkyl carbamates (subject to hydrolysis) is 1. The molecule has 1 aromatic carbocycles. The summed E-state index contributed by atoms with van der Waals surface area (Å²) in [4.78, 5) is 37.5. The van der Waals surface area contributed by atoms with Crippen LogP contribution in [-0.4, -0.2) is 50.8 Å². The highest BCUT2D eigenvalue weighted by molar-refractivity contribution is 7.89. The molecule has 1 aromatic heterocycles. The highest BCUT2D eigenvalue weighted by Crippen LogP contribution is 2.33. The highest BCUT2D eigenvalue weighted by Gasteiger charge is 2.27. The second-order valence-electron chi connectivity index (χ2n) is 7.02. The lowest BCUT2D eigenvalue weighted by Crippen LogP contribution is -2.31. The molecule has 0 bridgehead atoms. The third-order valence-electron chi connectivity index (χ3n) is 5.06. The summed E-state index contributed by atoms with van der Waals surface area (Å²) in [5, 5.41) is 5.06. The van der Waals surface area contributed by atoms with E-state index < -0.39 is 27.9 Å². The molecule has 1 aliphatic heterocycles. The van der Waals surface area contributed by atoms with Crippen LogP contribution in [0.5, 0.6) is 0 Å². The maximum Gasteiger partial charge on any atom is 0.413 e. The lowest BCUT2D eigenvalue weighted by Gasteiger charge is -2.15. The van der Waals surface area contributed by atoms with Crippen molar-refractivity contribution in [3.8, 4) is 0 Å². The van der Waals surface area contributed by atoms with E-state index in [2.05, 4.69) is 15.4 Å². The number of hydrogen-bond acceptors (Lipinski definition) is 7. The first kappa shape index (κ1) is 22.9. The number of thiophene rings is 1. The highest BCUT2D eigenvalue weighted by atomic mass is 32.2. The van der Waals surface area contributed by atoms with Gasteiger partial charge >= 0.3 is 6.09 Å². The number of carbonyl (C=O) groups is 3. The number of ether oxygens (including phenoxy) is 1. The lowest BCUT2D eigenvalue weighted by molar-refractivity contribution is 0.0937. The third kappa shape index (κ3) is 4.78.